The maximum absolute atomic E-state index is 12.0. The zero-order valence-electron chi connectivity index (χ0n) is 8.81. The van der Waals surface area contributed by atoms with Crippen LogP contribution in [0.5, 0.6) is 0 Å². The number of pyridine rings is 1. The maximum Gasteiger partial charge on any atom is 0.272 e. The van der Waals surface area contributed by atoms with E-state index in [0.29, 0.717) is 11.7 Å². The molecule has 2 heterocycles. The Morgan fingerprint density at radius 1 is 1.60 bits per heavy atom. The molecule has 1 fully saturated rings. The van der Waals surface area contributed by atoms with Gasteiger partial charge in [-0.15, -0.1) is 0 Å². The lowest BCUT2D eigenvalue weighted by atomic mass is 10.2. The number of amides is 1. The van der Waals surface area contributed by atoms with Crippen LogP contribution in [0.25, 0.3) is 0 Å². The normalized spacial score (nSPS) is 20.2. The molecule has 0 unspecified atom stereocenters. The second-order valence-electron chi connectivity index (χ2n) is 3.78. The molecule has 0 aliphatic carbocycles. The second-order valence-corrected chi connectivity index (χ2v) is 3.78. The minimum absolute atomic E-state index is 0.00398. The summed E-state index contributed by atoms with van der Waals surface area (Å²) in [4.78, 5) is 17.8. The number of hydrogen-bond donors (Lipinski definition) is 1. The molecule has 1 N–H and O–H groups in total. The fourth-order valence-electron chi connectivity index (χ4n) is 1.81. The third kappa shape index (κ3) is 2.15. The first-order chi connectivity index (χ1) is 7.29. The van der Waals surface area contributed by atoms with Crippen molar-refractivity contribution in [3.8, 4) is 0 Å². The van der Waals surface area contributed by atoms with Crippen molar-refractivity contribution in [1.29, 1.82) is 0 Å². The molecule has 4 heteroatoms. The van der Waals surface area contributed by atoms with Gasteiger partial charge in [-0.3, -0.25) is 9.78 Å². The van der Waals surface area contributed by atoms with Gasteiger partial charge in [-0.05, 0) is 25.1 Å². The molecular weight excluding hydrogens is 190 g/mol. The van der Waals surface area contributed by atoms with Gasteiger partial charge in [-0.25, -0.2) is 0 Å². The van der Waals surface area contributed by atoms with Crippen LogP contribution in [0.4, 0.5) is 0 Å². The lowest BCUT2D eigenvalue weighted by Crippen LogP contribution is -2.38. The van der Waals surface area contributed by atoms with Crippen LogP contribution in [-0.2, 0) is 0 Å². The van der Waals surface area contributed by atoms with E-state index >= 15 is 0 Å². The number of carbonyl (C=O) groups excluding carboxylic acids is 1. The molecular formula is C11H15N3O. The summed E-state index contributed by atoms with van der Waals surface area (Å²) in [5.74, 6) is 0.00398. The molecule has 80 valence electrons. The molecule has 1 saturated heterocycles. The van der Waals surface area contributed by atoms with Crippen LogP contribution in [0, 0.1) is 0 Å². The van der Waals surface area contributed by atoms with Gasteiger partial charge in [-0.2, -0.15) is 0 Å². The van der Waals surface area contributed by atoms with Crippen molar-refractivity contribution < 1.29 is 4.79 Å². The summed E-state index contributed by atoms with van der Waals surface area (Å²) in [5.41, 5.74) is 0.520. The van der Waals surface area contributed by atoms with Crippen LogP contribution in [-0.4, -0.2) is 42.0 Å². The van der Waals surface area contributed by atoms with Crippen molar-refractivity contribution in [2.24, 2.45) is 0 Å². The Morgan fingerprint density at radius 2 is 2.47 bits per heavy atom. The van der Waals surface area contributed by atoms with Crippen LogP contribution < -0.4 is 5.32 Å². The Morgan fingerprint density at radius 3 is 3.07 bits per heavy atom. The van der Waals surface area contributed by atoms with Gasteiger partial charge in [0.05, 0.1) is 0 Å². The molecule has 4 nitrogen and oxygen atoms in total. The Labute approximate surface area is 89.3 Å². The monoisotopic (exact) mass is 205 g/mol. The zero-order valence-corrected chi connectivity index (χ0v) is 8.81. The number of likely N-dealkylation sites (N-methyl/N-ethyl adjacent to an activating group) is 1. The Balaban J connectivity index is 2.07. The summed E-state index contributed by atoms with van der Waals surface area (Å²) in [6.45, 7) is 1.87. The Kier molecular flexibility index (Phi) is 2.97. The lowest BCUT2D eigenvalue weighted by molar-refractivity contribution is 0.0738. The van der Waals surface area contributed by atoms with Crippen LogP contribution in [0.1, 0.15) is 16.9 Å². The topological polar surface area (TPSA) is 45.2 Å². The highest BCUT2D eigenvalue weighted by molar-refractivity contribution is 5.92. The minimum atomic E-state index is 0.00398. The van der Waals surface area contributed by atoms with E-state index in [1.54, 1.807) is 17.2 Å². The van der Waals surface area contributed by atoms with Crippen molar-refractivity contribution in [2.75, 3.05) is 20.1 Å². The van der Waals surface area contributed by atoms with Gasteiger partial charge in [0.25, 0.3) is 5.91 Å². The minimum Gasteiger partial charge on any atom is -0.336 e. The summed E-state index contributed by atoms with van der Waals surface area (Å²) in [7, 11) is 1.84. The molecule has 1 aliphatic heterocycles. The molecule has 0 aromatic carbocycles. The molecule has 0 saturated carbocycles. The fraction of sp³-hybridized carbons (Fsp3) is 0.455. The van der Waals surface area contributed by atoms with E-state index in [-0.39, 0.29) is 5.91 Å². The van der Waals surface area contributed by atoms with Gasteiger partial charge >= 0.3 is 0 Å². The number of nitrogens with one attached hydrogen (secondary N) is 1. The van der Waals surface area contributed by atoms with E-state index in [1.807, 2.05) is 19.2 Å². The SMILES string of the molecule is CN(C(=O)c1ccccn1)[C@@H]1CCNC1. The molecule has 15 heavy (non-hydrogen) atoms. The number of rotatable bonds is 2. The highest BCUT2D eigenvalue weighted by atomic mass is 16.2. The van der Waals surface area contributed by atoms with Crippen molar-refractivity contribution in [1.82, 2.24) is 15.2 Å². The lowest BCUT2D eigenvalue weighted by Gasteiger charge is -2.23. The molecule has 1 amide bonds. The third-order valence-corrected chi connectivity index (χ3v) is 2.79. The summed E-state index contributed by atoms with van der Waals surface area (Å²) >= 11 is 0. The summed E-state index contributed by atoms with van der Waals surface area (Å²) in [6, 6.07) is 5.70. The first kappa shape index (κ1) is 10.1. The molecule has 1 aromatic heterocycles. The van der Waals surface area contributed by atoms with Crippen LogP contribution in [0.3, 0.4) is 0 Å². The van der Waals surface area contributed by atoms with Crippen molar-refractivity contribution in [3.63, 3.8) is 0 Å². The van der Waals surface area contributed by atoms with E-state index in [9.17, 15) is 4.79 Å². The van der Waals surface area contributed by atoms with E-state index in [0.717, 1.165) is 19.5 Å². The second kappa shape index (κ2) is 4.40. The van der Waals surface area contributed by atoms with E-state index in [4.69, 9.17) is 0 Å². The van der Waals surface area contributed by atoms with E-state index in [1.165, 1.54) is 0 Å². The number of nitrogens with zero attached hydrogens (tertiary/aromatic N) is 2. The number of hydrogen-bond acceptors (Lipinski definition) is 3. The highest BCUT2D eigenvalue weighted by Gasteiger charge is 2.24. The zero-order chi connectivity index (χ0) is 10.7. The molecule has 1 atom stereocenters. The van der Waals surface area contributed by atoms with Gasteiger partial charge in [0, 0.05) is 25.8 Å². The van der Waals surface area contributed by atoms with Gasteiger partial charge in [0.2, 0.25) is 0 Å². The van der Waals surface area contributed by atoms with Crippen molar-refractivity contribution in [2.45, 2.75) is 12.5 Å². The average Bonchev–Trinajstić information content (AvgIpc) is 2.82. The van der Waals surface area contributed by atoms with Crippen LogP contribution >= 0.6 is 0 Å². The van der Waals surface area contributed by atoms with Gasteiger partial charge in [0.1, 0.15) is 5.69 Å². The molecule has 0 radical (unpaired) electrons. The van der Waals surface area contributed by atoms with E-state index < -0.39 is 0 Å². The van der Waals surface area contributed by atoms with Gasteiger partial charge < -0.3 is 10.2 Å². The van der Waals surface area contributed by atoms with E-state index in [2.05, 4.69) is 10.3 Å². The standard InChI is InChI=1S/C11H15N3O/c1-14(9-5-7-12-8-9)11(15)10-4-2-3-6-13-10/h2-4,6,9,12H,5,7-8H2,1H3/t9-/m1/s1. The Hall–Kier alpha value is -1.42. The fourth-order valence-corrected chi connectivity index (χ4v) is 1.81. The molecule has 1 aliphatic rings. The largest absolute Gasteiger partial charge is 0.336 e. The molecule has 0 spiro atoms. The predicted molar refractivity (Wildman–Crippen MR) is 57.6 cm³/mol. The average molecular weight is 205 g/mol. The number of aromatic nitrogens is 1. The summed E-state index contributed by atoms with van der Waals surface area (Å²) in [6.07, 6.45) is 2.67. The maximum atomic E-state index is 12.0. The molecule has 2 rings (SSSR count). The molecule has 0 bridgehead atoms. The van der Waals surface area contributed by atoms with Crippen molar-refractivity contribution in [3.05, 3.63) is 30.1 Å². The first-order valence-electron chi connectivity index (χ1n) is 5.18. The summed E-state index contributed by atoms with van der Waals surface area (Å²) in [5, 5.41) is 3.25. The van der Waals surface area contributed by atoms with Gasteiger partial charge in [-0.1, -0.05) is 6.07 Å². The third-order valence-electron chi connectivity index (χ3n) is 2.79. The molecule has 1 aromatic rings. The smallest absolute Gasteiger partial charge is 0.272 e. The quantitative estimate of drug-likeness (QED) is 0.765. The van der Waals surface area contributed by atoms with Gasteiger partial charge in [0.15, 0.2) is 0 Å². The highest BCUT2D eigenvalue weighted by Crippen LogP contribution is 2.09. The Bertz CT molecular complexity index is 333. The van der Waals surface area contributed by atoms with Crippen molar-refractivity contribution >= 4 is 5.91 Å². The number of carbonyl (C=O) groups is 1. The predicted octanol–water partition coefficient (Wildman–Crippen LogP) is 0.515. The first-order valence-corrected chi connectivity index (χ1v) is 5.18. The van der Waals surface area contributed by atoms with Crippen LogP contribution in [0.2, 0.25) is 0 Å². The van der Waals surface area contributed by atoms with Crippen LogP contribution in [0.15, 0.2) is 24.4 Å². The summed E-state index contributed by atoms with van der Waals surface area (Å²) < 4.78 is 0.